The van der Waals surface area contributed by atoms with Crippen molar-refractivity contribution < 1.29 is 26.3 Å². The maximum absolute atomic E-state index is 12.5. The molecule has 1 aromatic carbocycles. The Labute approximate surface area is 111 Å². The van der Waals surface area contributed by atoms with E-state index in [1.54, 1.807) is 13.8 Å². The number of halogens is 7. The van der Waals surface area contributed by atoms with Gasteiger partial charge in [-0.05, 0) is 30.5 Å². The third-order valence-corrected chi connectivity index (χ3v) is 3.35. The van der Waals surface area contributed by atoms with E-state index in [1.807, 2.05) is 0 Å². The first-order valence-electron chi connectivity index (χ1n) is 5.29. The first kappa shape index (κ1) is 16.1. The van der Waals surface area contributed by atoms with Crippen molar-refractivity contribution >= 4 is 11.6 Å². The quantitative estimate of drug-likeness (QED) is 0.512. The van der Waals surface area contributed by atoms with Crippen LogP contribution in [-0.2, 0) is 0 Å². The van der Waals surface area contributed by atoms with Crippen molar-refractivity contribution in [2.24, 2.45) is 5.92 Å². The third-order valence-electron chi connectivity index (χ3n) is 2.85. The summed E-state index contributed by atoms with van der Waals surface area (Å²) in [6.07, 6.45) is -10.9. The monoisotopic (exact) mass is 304 g/mol. The summed E-state index contributed by atoms with van der Waals surface area (Å²) in [4.78, 5) is 0. The topological polar surface area (TPSA) is 0 Å². The van der Waals surface area contributed by atoms with Crippen LogP contribution in [-0.4, -0.2) is 12.4 Å². The average molecular weight is 305 g/mol. The van der Waals surface area contributed by atoms with Crippen molar-refractivity contribution in [1.29, 1.82) is 0 Å². The number of aryl methyl sites for hydroxylation is 2. The maximum atomic E-state index is 12.5. The summed E-state index contributed by atoms with van der Waals surface area (Å²) in [7, 11) is 0. The molecule has 0 nitrogen and oxygen atoms in total. The van der Waals surface area contributed by atoms with Crippen LogP contribution >= 0.6 is 11.6 Å². The van der Waals surface area contributed by atoms with Gasteiger partial charge in [0.1, 0.15) is 0 Å². The Bertz CT molecular complexity index is 435. The zero-order chi connectivity index (χ0) is 15.0. The Morgan fingerprint density at radius 1 is 0.895 bits per heavy atom. The summed E-state index contributed by atoms with van der Waals surface area (Å²) >= 11 is 5.43. The highest BCUT2D eigenvalue weighted by Gasteiger charge is 2.60. The fourth-order valence-electron chi connectivity index (χ4n) is 1.65. The number of hydrogen-bond donors (Lipinski definition) is 0. The second-order valence-corrected chi connectivity index (χ2v) is 4.78. The van der Waals surface area contributed by atoms with Crippen LogP contribution in [0.3, 0.4) is 0 Å². The molecule has 0 saturated carbocycles. The molecule has 0 heterocycles. The van der Waals surface area contributed by atoms with E-state index in [0.717, 1.165) is 5.56 Å². The third kappa shape index (κ3) is 3.78. The lowest BCUT2D eigenvalue weighted by molar-refractivity contribution is -0.284. The maximum Gasteiger partial charge on any atom is 0.402 e. The molecule has 0 aliphatic rings. The standard InChI is InChI=1S/C12H11ClF6/c1-6-3-4-8(5-7(6)2)9(13)10(11(14,15)16)12(17,18)19/h3-5,9-10H,1-2H3. The second-order valence-electron chi connectivity index (χ2n) is 4.31. The molecule has 0 fully saturated rings. The largest absolute Gasteiger partial charge is 0.402 e. The smallest absolute Gasteiger partial charge is 0.170 e. The fourth-order valence-corrected chi connectivity index (χ4v) is 2.07. The zero-order valence-corrected chi connectivity index (χ0v) is 10.8. The van der Waals surface area contributed by atoms with Gasteiger partial charge in [-0.2, -0.15) is 26.3 Å². The van der Waals surface area contributed by atoms with Gasteiger partial charge in [0.05, 0.1) is 5.38 Å². The van der Waals surface area contributed by atoms with E-state index in [4.69, 9.17) is 11.6 Å². The zero-order valence-electron chi connectivity index (χ0n) is 10.0. The van der Waals surface area contributed by atoms with Gasteiger partial charge in [-0.15, -0.1) is 11.6 Å². The van der Waals surface area contributed by atoms with Crippen LogP contribution in [0.4, 0.5) is 26.3 Å². The molecule has 0 bridgehead atoms. The molecule has 1 atom stereocenters. The van der Waals surface area contributed by atoms with Gasteiger partial charge in [-0.3, -0.25) is 0 Å². The minimum absolute atomic E-state index is 0.190. The van der Waals surface area contributed by atoms with E-state index in [0.29, 0.717) is 5.56 Å². The SMILES string of the molecule is Cc1ccc(C(Cl)C(C(F)(F)F)C(F)(F)F)cc1C. The normalized spacial score (nSPS) is 14.8. The molecule has 0 spiro atoms. The molecule has 0 radical (unpaired) electrons. The lowest BCUT2D eigenvalue weighted by atomic mass is 9.95. The summed E-state index contributed by atoms with van der Waals surface area (Å²) in [6, 6.07) is 3.88. The Balaban J connectivity index is 3.20. The van der Waals surface area contributed by atoms with Gasteiger partial charge in [-0.25, -0.2) is 0 Å². The lowest BCUT2D eigenvalue weighted by Crippen LogP contribution is -2.39. The van der Waals surface area contributed by atoms with Gasteiger partial charge in [0.2, 0.25) is 0 Å². The Morgan fingerprint density at radius 2 is 1.37 bits per heavy atom. The molecule has 1 aromatic rings. The van der Waals surface area contributed by atoms with Gasteiger partial charge in [-0.1, -0.05) is 18.2 Å². The summed E-state index contributed by atoms with van der Waals surface area (Å²) in [5.74, 6) is -3.58. The molecule has 0 aliphatic carbocycles. The van der Waals surface area contributed by atoms with E-state index in [-0.39, 0.29) is 5.56 Å². The van der Waals surface area contributed by atoms with Crippen LogP contribution in [0.1, 0.15) is 22.1 Å². The molecule has 0 saturated heterocycles. The van der Waals surface area contributed by atoms with E-state index in [1.165, 1.54) is 18.2 Å². The lowest BCUT2D eigenvalue weighted by Gasteiger charge is -2.27. The van der Waals surface area contributed by atoms with Crippen LogP contribution in [0.25, 0.3) is 0 Å². The van der Waals surface area contributed by atoms with Crippen molar-refractivity contribution in [3.63, 3.8) is 0 Å². The summed E-state index contributed by atoms with van der Waals surface area (Å²) in [6.45, 7) is 3.30. The number of benzene rings is 1. The number of alkyl halides is 7. The molecule has 0 amide bonds. The second kappa shape index (κ2) is 5.23. The number of hydrogen-bond acceptors (Lipinski definition) is 0. The summed E-state index contributed by atoms with van der Waals surface area (Å²) in [5.41, 5.74) is 1.17. The van der Waals surface area contributed by atoms with E-state index >= 15 is 0 Å². The first-order valence-corrected chi connectivity index (χ1v) is 5.73. The molecular formula is C12H11ClF6. The van der Waals surface area contributed by atoms with Crippen molar-refractivity contribution in [2.45, 2.75) is 31.6 Å². The van der Waals surface area contributed by atoms with Crippen LogP contribution in [0.5, 0.6) is 0 Å². The predicted octanol–water partition coefficient (Wildman–Crippen LogP) is 5.32. The van der Waals surface area contributed by atoms with Gasteiger partial charge in [0.25, 0.3) is 0 Å². The van der Waals surface area contributed by atoms with Crippen molar-refractivity contribution in [1.82, 2.24) is 0 Å². The summed E-state index contributed by atoms with van der Waals surface area (Å²) in [5, 5.41) is -2.20. The highest BCUT2D eigenvalue weighted by molar-refractivity contribution is 6.21. The highest BCUT2D eigenvalue weighted by Crippen LogP contribution is 2.49. The van der Waals surface area contributed by atoms with E-state index < -0.39 is 23.6 Å². The molecule has 7 heteroatoms. The minimum Gasteiger partial charge on any atom is -0.170 e. The predicted molar refractivity (Wildman–Crippen MR) is 60.1 cm³/mol. The van der Waals surface area contributed by atoms with Crippen LogP contribution in [0.2, 0.25) is 0 Å². The minimum atomic E-state index is -5.44. The van der Waals surface area contributed by atoms with Crippen LogP contribution in [0, 0.1) is 19.8 Å². The van der Waals surface area contributed by atoms with Gasteiger partial charge >= 0.3 is 12.4 Å². The highest BCUT2D eigenvalue weighted by atomic mass is 35.5. The van der Waals surface area contributed by atoms with Crippen LogP contribution in [0.15, 0.2) is 18.2 Å². The Hall–Kier alpha value is -0.910. The van der Waals surface area contributed by atoms with Crippen molar-refractivity contribution in [3.05, 3.63) is 34.9 Å². The number of rotatable bonds is 2. The molecule has 0 N–H and O–H groups in total. The molecule has 1 unspecified atom stereocenters. The van der Waals surface area contributed by atoms with E-state index in [2.05, 4.69) is 0 Å². The molecule has 0 aromatic heterocycles. The first-order chi connectivity index (χ1) is 8.44. The van der Waals surface area contributed by atoms with Gasteiger partial charge in [0, 0.05) is 0 Å². The van der Waals surface area contributed by atoms with Gasteiger partial charge < -0.3 is 0 Å². The van der Waals surface area contributed by atoms with Crippen molar-refractivity contribution in [2.75, 3.05) is 0 Å². The molecule has 19 heavy (non-hydrogen) atoms. The van der Waals surface area contributed by atoms with Crippen molar-refractivity contribution in [3.8, 4) is 0 Å². The Kier molecular flexibility index (Phi) is 4.44. The van der Waals surface area contributed by atoms with Gasteiger partial charge in [0.15, 0.2) is 5.92 Å². The Morgan fingerprint density at radius 3 is 1.74 bits per heavy atom. The molecular weight excluding hydrogens is 294 g/mol. The molecule has 0 aliphatic heterocycles. The fraction of sp³-hybridized carbons (Fsp3) is 0.500. The summed E-state index contributed by atoms with van der Waals surface area (Å²) < 4.78 is 75.2. The van der Waals surface area contributed by atoms with Crippen LogP contribution < -0.4 is 0 Å². The van der Waals surface area contributed by atoms with E-state index in [9.17, 15) is 26.3 Å². The molecule has 1 rings (SSSR count). The average Bonchev–Trinajstić information content (AvgIpc) is 2.17. The molecule has 108 valence electrons.